The Bertz CT molecular complexity index is 1550. The molecule has 2 saturated heterocycles. The molecule has 0 saturated carbocycles. The van der Waals surface area contributed by atoms with Gasteiger partial charge in [-0.15, -0.1) is 0 Å². The number of hydrogen-bond donors (Lipinski definition) is 1. The second kappa shape index (κ2) is 11.9. The third kappa shape index (κ3) is 5.30. The zero-order chi connectivity index (χ0) is 29.4. The van der Waals surface area contributed by atoms with Crippen molar-refractivity contribution in [3.63, 3.8) is 0 Å². The second-order valence-electron chi connectivity index (χ2n) is 11.3. The highest BCUT2D eigenvalue weighted by molar-refractivity contribution is 6.33. The maximum atomic E-state index is 12.5. The van der Waals surface area contributed by atoms with Crippen LogP contribution in [-0.2, 0) is 22.6 Å². The highest BCUT2D eigenvalue weighted by Gasteiger charge is 2.35. The quantitative estimate of drug-likeness (QED) is 0.410. The monoisotopic (exact) mass is 590 g/mol. The van der Waals surface area contributed by atoms with Gasteiger partial charge < -0.3 is 24.2 Å². The number of piperazine rings is 1. The van der Waals surface area contributed by atoms with Gasteiger partial charge in [0.05, 0.1) is 53.7 Å². The fourth-order valence-corrected chi connectivity index (χ4v) is 6.66. The number of amides is 1. The number of aromatic nitrogens is 4. The van der Waals surface area contributed by atoms with Gasteiger partial charge in [0.25, 0.3) is 0 Å². The molecule has 0 spiro atoms. The topological polar surface area (TPSA) is 124 Å². The van der Waals surface area contributed by atoms with Gasteiger partial charge in [-0.25, -0.2) is 0 Å². The van der Waals surface area contributed by atoms with Crippen LogP contribution in [0.15, 0.2) is 24.9 Å². The Balaban J connectivity index is 1.35. The first-order valence-electron chi connectivity index (χ1n) is 14.4. The van der Waals surface area contributed by atoms with Crippen molar-refractivity contribution in [2.75, 3.05) is 44.7 Å². The number of fused-ring (bicyclic) bond motifs is 2. The molecule has 0 aliphatic carbocycles. The summed E-state index contributed by atoms with van der Waals surface area (Å²) in [6.45, 7) is 8.93. The molecular weight excluding hydrogens is 556 g/mol. The molecule has 12 heteroatoms. The van der Waals surface area contributed by atoms with Crippen molar-refractivity contribution in [3.8, 4) is 12.1 Å². The molecule has 5 heterocycles. The molecule has 1 N–H and O–H groups in total. The predicted molar refractivity (Wildman–Crippen MR) is 158 cm³/mol. The first kappa shape index (κ1) is 28.4. The minimum atomic E-state index is -0.324. The van der Waals surface area contributed by atoms with Crippen molar-refractivity contribution in [2.24, 2.45) is 0 Å². The molecule has 3 aliphatic heterocycles. The van der Waals surface area contributed by atoms with E-state index in [4.69, 9.17) is 31.0 Å². The van der Waals surface area contributed by atoms with Gasteiger partial charge in [0.15, 0.2) is 0 Å². The summed E-state index contributed by atoms with van der Waals surface area (Å²) in [5, 5.41) is 18.4. The van der Waals surface area contributed by atoms with Crippen LogP contribution in [0.3, 0.4) is 0 Å². The number of ether oxygens (including phenoxy) is 2. The van der Waals surface area contributed by atoms with Crippen molar-refractivity contribution in [1.82, 2.24) is 30.0 Å². The van der Waals surface area contributed by atoms with E-state index in [1.165, 1.54) is 6.08 Å². The highest BCUT2D eigenvalue weighted by atomic mass is 35.5. The third-order valence-corrected chi connectivity index (χ3v) is 9.23. The van der Waals surface area contributed by atoms with E-state index in [-0.39, 0.29) is 24.5 Å². The number of nitrogens with zero attached hydrogens (tertiary/aromatic N) is 7. The molecule has 3 aromatic rings. The number of rotatable bonds is 7. The van der Waals surface area contributed by atoms with Crippen molar-refractivity contribution in [2.45, 2.75) is 57.4 Å². The molecule has 220 valence electrons. The second-order valence-corrected chi connectivity index (χ2v) is 11.7. The number of likely N-dealkylation sites (tertiary alicyclic amines) is 1. The van der Waals surface area contributed by atoms with Gasteiger partial charge in [-0.3, -0.25) is 9.89 Å². The SMILES string of the molecule is C=CC(=O)N1CCN(c2nc(OCC3CCCN3C)nc3c2COC(c2c(Cl)c(C)cc4[nH]ncc24)C3)CC1CC#N. The van der Waals surface area contributed by atoms with Gasteiger partial charge in [-0.1, -0.05) is 18.2 Å². The molecule has 3 unspecified atom stereocenters. The van der Waals surface area contributed by atoms with Crippen molar-refractivity contribution in [1.29, 1.82) is 5.26 Å². The molecule has 2 fully saturated rings. The van der Waals surface area contributed by atoms with Crippen molar-refractivity contribution < 1.29 is 14.3 Å². The average Bonchev–Trinajstić information content (AvgIpc) is 3.63. The van der Waals surface area contributed by atoms with E-state index in [2.05, 4.69) is 39.7 Å². The number of benzene rings is 1. The minimum absolute atomic E-state index is 0.170. The molecule has 1 aromatic carbocycles. The Kier molecular flexibility index (Phi) is 8.03. The number of nitriles is 1. The summed E-state index contributed by atoms with van der Waals surface area (Å²) >= 11 is 6.85. The molecule has 1 amide bonds. The number of aromatic amines is 1. The Hall–Kier alpha value is -3.72. The third-order valence-electron chi connectivity index (χ3n) is 8.73. The summed E-state index contributed by atoms with van der Waals surface area (Å²) in [5.41, 5.74) is 4.49. The molecule has 11 nitrogen and oxygen atoms in total. The molecular formula is C30H35ClN8O3. The number of halogens is 1. The lowest BCUT2D eigenvalue weighted by Crippen LogP contribution is -2.55. The standard InChI is InChI=1S/C30H35ClN8O3/c1-4-26(40)39-11-10-38(15-19(39)7-8-32)29-22-17-41-25(27-21-14-33-36-24(21)12-18(2)28(27)31)13-23(22)34-30(35-29)42-16-20-6-5-9-37(20)3/h4,12,14,19-20,25H,1,5-7,9-11,13,15-17H2,2-3H3,(H,33,36). The van der Waals surface area contributed by atoms with E-state index < -0.39 is 0 Å². The molecule has 0 radical (unpaired) electrons. The molecule has 3 aliphatic rings. The Morgan fingerprint density at radius 3 is 2.95 bits per heavy atom. The van der Waals surface area contributed by atoms with Gasteiger partial charge in [0.2, 0.25) is 5.91 Å². The van der Waals surface area contributed by atoms with Crippen LogP contribution in [-0.4, -0.2) is 87.8 Å². The van der Waals surface area contributed by atoms with E-state index >= 15 is 0 Å². The maximum absolute atomic E-state index is 12.5. The maximum Gasteiger partial charge on any atom is 0.318 e. The van der Waals surface area contributed by atoms with Gasteiger partial charge >= 0.3 is 6.01 Å². The number of carbonyl (C=O) groups is 1. The zero-order valence-electron chi connectivity index (χ0n) is 24.0. The van der Waals surface area contributed by atoms with Crippen LogP contribution in [0.1, 0.15) is 47.8 Å². The molecule has 42 heavy (non-hydrogen) atoms. The molecule has 6 rings (SSSR count). The smallest absolute Gasteiger partial charge is 0.318 e. The van der Waals surface area contributed by atoms with Crippen LogP contribution in [0.2, 0.25) is 5.02 Å². The van der Waals surface area contributed by atoms with E-state index in [1.807, 2.05) is 13.0 Å². The van der Waals surface area contributed by atoms with Gasteiger partial charge in [0.1, 0.15) is 12.4 Å². The van der Waals surface area contributed by atoms with Gasteiger partial charge in [0, 0.05) is 48.6 Å². The molecule has 3 atom stereocenters. The van der Waals surface area contributed by atoms with Crippen LogP contribution in [0.5, 0.6) is 6.01 Å². The van der Waals surface area contributed by atoms with Gasteiger partial charge in [-0.05, 0) is 51.1 Å². The lowest BCUT2D eigenvalue weighted by molar-refractivity contribution is -0.128. The summed E-state index contributed by atoms with van der Waals surface area (Å²) in [5.74, 6) is 0.557. The summed E-state index contributed by atoms with van der Waals surface area (Å²) in [6, 6.07) is 4.59. The van der Waals surface area contributed by atoms with E-state index in [9.17, 15) is 10.1 Å². The van der Waals surface area contributed by atoms with E-state index in [0.29, 0.717) is 56.3 Å². The number of likely N-dealkylation sites (N-methyl/N-ethyl adjacent to an activating group) is 1. The number of H-pyrrole nitrogens is 1. The number of aryl methyl sites for hydroxylation is 1. The molecule has 2 aromatic heterocycles. The fourth-order valence-electron chi connectivity index (χ4n) is 6.38. The molecule has 0 bridgehead atoms. The van der Waals surface area contributed by atoms with Crippen LogP contribution in [0.25, 0.3) is 10.9 Å². The average molecular weight is 591 g/mol. The first-order chi connectivity index (χ1) is 20.4. The summed E-state index contributed by atoms with van der Waals surface area (Å²) in [7, 11) is 2.11. The number of anilines is 1. The normalized spacial score (nSPS) is 22.7. The summed E-state index contributed by atoms with van der Waals surface area (Å²) in [6.07, 6.45) is 5.69. The Morgan fingerprint density at radius 1 is 1.33 bits per heavy atom. The summed E-state index contributed by atoms with van der Waals surface area (Å²) in [4.78, 5) is 28.5. The number of carbonyl (C=O) groups excluding carboxylic acids is 1. The first-order valence-corrected chi connectivity index (χ1v) is 14.8. The number of nitrogens with one attached hydrogen (secondary N) is 1. The van der Waals surface area contributed by atoms with Crippen LogP contribution < -0.4 is 9.64 Å². The van der Waals surface area contributed by atoms with Crippen LogP contribution in [0.4, 0.5) is 5.82 Å². The number of hydrogen-bond acceptors (Lipinski definition) is 9. The van der Waals surface area contributed by atoms with Crippen LogP contribution in [0, 0.1) is 18.3 Å². The lowest BCUT2D eigenvalue weighted by Gasteiger charge is -2.42. The fraction of sp³-hybridized carbons (Fsp3) is 0.500. The Labute approximate surface area is 250 Å². The van der Waals surface area contributed by atoms with Crippen LogP contribution >= 0.6 is 11.6 Å². The van der Waals surface area contributed by atoms with E-state index in [1.54, 1.807) is 11.1 Å². The highest BCUT2D eigenvalue weighted by Crippen LogP contribution is 2.41. The largest absolute Gasteiger partial charge is 0.462 e. The summed E-state index contributed by atoms with van der Waals surface area (Å²) < 4.78 is 12.7. The lowest BCUT2D eigenvalue weighted by atomic mass is 9.95. The zero-order valence-corrected chi connectivity index (χ0v) is 24.7. The van der Waals surface area contributed by atoms with E-state index in [0.717, 1.165) is 58.5 Å². The predicted octanol–water partition coefficient (Wildman–Crippen LogP) is 3.72. The van der Waals surface area contributed by atoms with Gasteiger partial charge in [-0.2, -0.15) is 20.3 Å². The minimum Gasteiger partial charge on any atom is -0.462 e. The Morgan fingerprint density at radius 2 is 2.19 bits per heavy atom. The van der Waals surface area contributed by atoms with Crippen molar-refractivity contribution >= 4 is 34.2 Å². The van der Waals surface area contributed by atoms with Crippen molar-refractivity contribution in [3.05, 3.63) is 52.3 Å².